The third kappa shape index (κ3) is 1.97. The van der Waals surface area contributed by atoms with Gasteiger partial charge in [-0.1, -0.05) is 6.42 Å². The molecule has 1 aliphatic rings. The van der Waals surface area contributed by atoms with Gasteiger partial charge in [-0.25, -0.2) is 0 Å². The fourth-order valence-electron chi connectivity index (χ4n) is 0.295. The van der Waals surface area contributed by atoms with Crippen molar-refractivity contribution < 1.29 is 18.9 Å². The van der Waals surface area contributed by atoms with Crippen molar-refractivity contribution in [3.05, 3.63) is 11.5 Å². The van der Waals surface area contributed by atoms with Gasteiger partial charge in [-0.2, -0.15) is 0 Å². The van der Waals surface area contributed by atoms with Crippen molar-refractivity contribution in [1.82, 2.24) is 0 Å². The van der Waals surface area contributed by atoms with Crippen LogP contribution in [0, 0.1) is 5.41 Å². The Labute approximate surface area is 54.6 Å². The van der Waals surface area contributed by atoms with E-state index in [0.717, 1.165) is 0 Å². The second-order valence-electron chi connectivity index (χ2n) is 0.959. The van der Waals surface area contributed by atoms with E-state index in [1.165, 1.54) is 12.2 Å². The molecule has 0 N–H and O–H groups in total. The van der Waals surface area contributed by atoms with Crippen molar-refractivity contribution in [3.8, 4) is 0 Å². The molecule has 0 unspecified atom stereocenters. The molecule has 0 amide bonds. The molecule has 0 nitrogen and oxygen atoms in total. The third-order valence-corrected chi connectivity index (χ3v) is 1.30. The molecule has 0 atom stereocenters. The van der Waals surface area contributed by atoms with Gasteiger partial charge in [0.05, 0.1) is 0 Å². The molecule has 1 rings (SSSR count). The van der Waals surface area contributed by atoms with Gasteiger partial charge in [0.25, 0.3) is 0 Å². The summed E-state index contributed by atoms with van der Waals surface area (Å²) in [6.07, 6.45) is 3.30. The Kier molecular flexibility index (Phi) is 4.31. The van der Waals surface area contributed by atoms with Crippen molar-refractivity contribution in [2.75, 3.05) is 5.75 Å². The molecule has 0 fully saturated rings. The van der Waals surface area contributed by atoms with Crippen molar-refractivity contribution >= 4 is 11.8 Å². The van der Waals surface area contributed by atoms with E-state index in [2.05, 4.69) is 11.5 Å². The van der Waals surface area contributed by atoms with E-state index in [1.807, 2.05) is 0 Å². The number of hydrogen-bond donors (Lipinski definition) is 0. The maximum Gasteiger partial charge on any atom is 1.00 e. The predicted octanol–water partition coefficient (Wildman–Crippen LogP) is -1.56. The Morgan fingerprint density at radius 1 is 1.67 bits per heavy atom. The van der Waals surface area contributed by atoms with Crippen LogP contribution in [0.4, 0.5) is 0 Å². The van der Waals surface area contributed by atoms with E-state index >= 15 is 0 Å². The Morgan fingerprint density at radius 2 is 2.50 bits per heavy atom. The molecule has 0 spiro atoms. The van der Waals surface area contributed by atoms with Gasteiger partial charge >= 0.3 is 18.9 Å². The van der Waals surface area contributed by atoms with Crippen LogP contribution in [0.25, 0.3) is 0 Å². The summed E-state index contributed by atoms with van der Waals surface area (Å²) in [6.45, 7) is 0. The van der Waals surface area contributed by atoms with Crippen LogP contribution >= 0.6 is 11.8 Å². The Morgan fingerprint density at radius 3 is 2.67 bits per heavy atom. The van der Waals surface area contributed by atoms with Crippen molar-refractivity contribution in [1.29, 1.82) is 0 Å². The minimum atomic E-state index is 0. The molecule has 0 radical (unpaired) electrons. The van der Waals surface area contributed by atoms with Crippen LogP contribution in [0.15, 0.2) is 6.08 Å². The van der Waals surface area contributed by atoms with Gasteiger partial charge in [-0.05, 0) is 5.75 Å². The van der Waals surface area contributed by atoms with E-state index in [9.17, 15) is 0 Å². The maximum atomic E-state index is 3.01. The smallest absolute Gasteiger partial charge is 0.437 e. The molecule has 28 valence electrons. The molecule has 6 heavy (non-hydrogen) atoms. The zero-order valence-corrected chi connectivity index (χ0v) is 4.72. The van der Waals surface area contributed by atoms with Gasteiger partial charge in [-0.15, -0.1) is 0 Å². The van der Waals surface area contributed by atoms with Gasteiger partial charge in [0, 0.05) is 0 Å². The standard InChI is InChI=1S/C4H5S.Li/c1-2-4-5-3-1;/h1H,2,4H2;/q-1;+1. The minimum absolute atomic E-state index is 0. The van der Waals surface area contributed by atoms with Crippen molar-refractivity contribution in [3.63, 3.8) is 0 Å². The molecule has 2 heteroatoms. The van der Waals surface area contributed by atoms with Crippen LogP contribution in [-0.2, 0) is 0 Å². The average Bonchev–Trinajstić information content (AvgIpc) is 1.76. The molecule has 0 aliphatic carbocycles. The van der Waals surface area contributed by atoms with Gasteiger partial charge in [0.2, 0.25) is 0 Å². The maximum absolute atomic E-state index is 3.01. The first-order valence-electron chi connectivity index (χ1n) is 1.69. The summed E-state index contributed by atoms with van der Waals surface area (Å²) in [6, 6.07) is 0. The summed E-state index contributed by atoms with van der Waals surface area (Å²) >= 11 is 1.77. The fourth-order valence-corrected chi connectivity index (χ4v) is 0.884. The molecule has 0 aromatic rings. The third-order valence-electron chi connectivity index (χ3n) is 0.531. The van der Waals surface area contributed by atoms with Crippen LogP contribution < -0.4 is 18.9 Å². The number of allylic oxidation sites excluding steroid dienone is 1. The zero-order valence-electron chi connectivity index (χ0n) is 3.90. The first-order chi connectivity index (χ1) is 2.50. The Hall–Kier alpha value is 0.687. The predicted molar refractivity (Wildman–Crippen MR) is 24.9 cm³/mol. The second kappa shape index (κ2) is 3.86. The topological polar surface area (TPSA) is 0 Å². The molecule has 0 aromatic carbocycles. The van der Waals surface area contributed by atoms with Crippen LogP contribution in [0.1, 0.15) is 6.42 Å². The second-order valence-corrected chi connectivity index (χ2v) is 1.89. The number of thioether (sulfide) groups is 1. The van der Waals surface area contributed by atoms with Crippen LogP contribution in [0.5, 0.6) is 0 Å². The summed E-state index contributed by atoms with van der Waals surface area (Å²) in [5.74, 6) is 1.25. The fraction of sp³-hybridized carbons (Fsp3) is 0.500. The van der Waals surface area contributed by atoms with E-state index in [4.69, 9.17) is 0 Å². The summed E-state index contributed by atoms with van der Waals surface area (Å²) in [5.41, 5.74) is 0. The van der Waals surface area contributed by atoms with Crippen LogP contribution in [0.2, 0.25) is 0 Å². The van der Waals surface area contributed by atoms with Crippen molar-refractivity contribution in [2.24, 2.45) is 0 Å². The molecular weight excluding hydrogens is 87.1 g/mol. The summed E-state index contributed by atoms with van der Waals surface area (Å²) < 4.78 is 0. The van der Waals surface area contributed by atoms with E-state index in [-0.39, 0.29) is 18.9 Å². The molecule has 1 heterocycles. The average molecular weight is 92.1 g/mol. The summed E-state index contributed by atoms with van der Waals surface area (Å²) in [5, 5.41) is 3.01. The molecule has 0 bridgehead atoms. The van der Waals surface area contributed by atoms with Gasteiger partial charge < -0.3 is 17.2 Å². The first-order valence-corrected chi connectivity index (χ1v) is 2.68. The first kappa shape index (κ1) is 6.69. The Bertz CT molecular complexity index is 45.5. The molecule has 0 saturated heterocycles. The molecular formula is C4H5LiS. The SMILES string of the molecule is [C-]1=CCCS1.[Li+]. The molecule has 0 aromatic heterocycles. The number of hydrogen-bond acceptors (Lipinski definition) is 1. The van der Waals surface area contributed by atoms with E-state index in [1.54, 1.807) is 11.8 Å². The quantitative estimate of drug-likeness (QED) is 0.257. The van der Waals surface area contributed by atoms with Crippen LogP contribution in [0.3, 0.4) is 0 Å². The molecule has 1 aliphatic heterocycles. The summed E-state index contributed by atoms with van der Waals surface area (Å²) in [7, 11) is 0. The monoisotopic (exact) mass is 92.0 g/mol. The van der Waals surface area contributed by atoms with E-state index in [0.29, 0.717) is 0 Å². The van der Waals surface area contributed by atoms with Crippen LogP contribution in [-0.4, -0.2) is 5.75 Å². The normalized spacial score (nSPS) is 17.3. The van der Waals surface area contributed by atoms with Gasteiger partial charge in [-0.3, -0.25) is 6.08 Å². The summed E-state index contributed by atoms with van der Waals surface area (Å²) in [4.78, 5) is 0. The largest absolute Gasteiger partial charge is 1.00 e. The Balaban J connectivity index is 0.000000250. The molecule has 0 saturated carbocycles. The van der Waals surface area contributed by atoms with E-state index < -0.39 is 0 Å². The number of rotatable bonds is 0. The zero-order chi connectivity index (χ0) is 3.54. The van der Waals surface area contributed by atoms with Gasteiger partial charge in [0.15, 0.2) is 0 Å². The van der Waals surface area contributed by atoms with Gasteiger partial charge in [0.1, 0.15) is 0 Å². The van der Waals surface area contributed by atoms with Crippen molar-refractivity contribution in [2.45, 2.75) is 6.42 Å². The minimum Gasteiger partial charge on any atom is -0.437 e.